The third-order valence-corrected chi connectivity index (χ3v) is 3.72. The fourth-order valence-electron chi connectivity index (χ4n) is 2.47. The van der Waals surface area contributed by atoms with Crippen LogP contribution >= 0.6 is 0 Å². The summed E-state index contributed by atoms with van der Waals surface area (Å²) >= 11 is 0. The van der Waals surface area contributed by atoms with Crippen LogP contribution < -0.4 is 9.47 Å². The van der Waals surface area contributed by atoms with Gasteiger partial charge in [0.25, 0.3) is 0 Å². The molecular formula is C21H18O3. The summed E-state index contributed by atoms with van der Waals surface area (Å²) in [5.41, 5.74) is 2.60. The van der Waals surface area contributed by atoms with Crippen molar-refractivity contribution >= 4 is 5.97 Å². The number of ether oxygens (including phenoxy) is 2. The minimum absolute atomic E-state index is 0.394. The van der Waals surface area contributed by atoms with Crippen molar-refractivity contribution in [1.82, 2.24) is 0 Å². The molecule has 0 aromatic heterocycles. The molecule has 3 nitrogen and oxygen atoms in total. The molecule has 0 aliphatic carbocycles. The molecule has 0 radical (unpaired) electrons. The van der Waals surface area contributed by atoms with E-state index in [2.05, 4.69) is 12.1 Å². The maximum Gasteiger partial charge on any atom is 0.343 e. The van der Waals surface area contributed by atoms with E-state index in [0.29, 0.717) is 23.5 Å². The Morgan fingerprint density at radius 1 is 0.875 bits per heavy atom. The zero-order chi connectivity index (χ0) is 16.8. The smallest absolute Gasteiger partial charge is 0.343 e. The van der Waals surface area contributed by atoms with Crippen molar-refractivity contribution in [3.63, 3.8) is 0 Å². The second-order valence-corrected chi connectivity index (χ2v) is 5.39. The van der Waals surface area contributed by atoms with E-state index in [-0.39, 0.29) is 0 Å². The first kappa shape index (κ1) is 15.8. The quantitative estimate of drug-likeness (QED) is 0.513. The molecule has 0 amide bonds. The Labute approximate surface area is 141 Å². The van der Waals surface area contributed by atoms with Crippen LogP contribution in [-0.2, 0) is 6.42 Å². The minimum Gasteiger partial charge on any atom is -0.497 e. The van der Waals surface area contributed by atoms with Crippen LogP contribution in [0.3, 0.4) is 0 Å². The number of methoxy groups -OCH3 is 1. The van der Waals surface area contributed by atoms with Crippen LogP contribution in [0.1, 0.15) is 21.5 Å². The molecule has 0 aliphatic heterocycles. The second kappa shape index (κ2) is 7.47. The predicted octanol–water partition coefficient (Wildman–Crippen LogP) is 4.51. The second-order valence-electron chi connectivity index (χ2n) is 5.39. The maximum absolute atomic E-state index is 12.4. The first-order valence-electron chi connectivity index (χ1n) is 7.74. The number of esters is 1. The van der Waals surface area contributed by atoms with E-state index in [1.165, 1.54) is 5.56 Å². The van der Waals surface area contributed by atoms with E-state index in [4.69, 9.17) is 9.47 Å². The van der Waals surface area contributed by atoms with Crippen LogP contribution in [-0.4, -0.2) is 13.1 Å². The monoisotopic (exact) mass is 318 g/mol. The van der Waals surface area contributed by atoms with Gasteiger partial charge in [0.1, 0.15) is 11.5 Å². The summed E-state index contributed by atoms with van der Waals surface area (Å²) < 4.78 is 10.8. The molecule has 0 unspecified atom stereocenters. The molecule has 3 aromatic rings. The number of carbonyl (C=O) groups excluding carboxylic acids is 1. The highest BCUT2D eigenvalue weighted by Gasteiger charge is 2.12. The lowest BCUT2D eigenvalue weighted by atomic mass is 10.0. The van der Waals surface area contributed by atoms with Gasteiger partial charge in [-0.25, -0.2) is 4.79 Å². The Morgan fingerprint density at radius 2 is 1.62 bits per heavy atom. The largest absolute Gasteiger partial charge is 0.497 e. The maximum atomic E-state index is 12.4. The Hall–Kier alpha value is -3.07. The zero-order valence-corrected chi connectivity index (χ0v) is 13.4. The molecule has 3 rings (SSSR count). The fourth-order valence-corrected chi connectivity index (χ4v) is 2.47. The Kier molecular flexibility index (Phi) is 4.92. The van der Waals surface area contributed by atoms with Crippen molar-refractivity contribution in [2.45, 2.75) is 6.42 Å². The van der Waals surface area contributed by atoms with E-state index >= 15 is 0 Å². The summed E-state index contributed by atoms with van der Waals surface area (Å²) in [5.74, 6) is 0.811. The van der Waals surface area contributed by atoms with Crippen LogP contribution in [0.5, 0.6) is 11.5 Å². The van der Waals surface area contributed by atoms with Crippen LogP contribution in [0, 0.1) is 0 Å². The van der Waals surface area contributed by atoms with Gasteiger partial charge in [-0.2, -0.15) is 0 Å². The van der Waals surface area contributed by atoms with Crippen molar-refractivity contribution in [2.24, 2.45) is 0 Å². The van der Waals surface area contributed by atoms with E-state index in [1.54, 1.807) is 31.4 Å². The highest BCUT2D eigenvalue weighted by molar-refractivity contribution is 5.91. The molecule has 0 aliphatic rings. The SMILES string of the molecule is COc1cccc(C(=O)Oc2ccccc2Cc2ccccc2)c1. The number of hydrogen-bond acceptors (Lipinski definition) is 3. The molecule has 0 saturated heterocycles. The number of carbonyl (C=O) groups is 1. The summed E-state index contributed by atoms with van der Waals surface area (Å²) in [6.07, 6.45) is 0.711. The van der Waals surface area contributed by atoms with E-state index in [1.807, 2.05) is 42.5 Å². The minimum atomic E-state index is -0.394. The summed E-state index contributed by atoms with van der Waals surface area (Å²) in [6, 6.07) is 24.6. The molecule has 24 heavy (non-hydrogen) atoms. The molecule has 0 N–H and O–H groups in total. The molecule has 0 fully saturated rings. The van der Waals surface area contributed by atoms with Gasteiger partial charge in [0.2, 0.25) is 0 Å². The third kappa shape index (κ3) is 3.82. The van der Waals surface area contributed by atoms with Gasteiger partial charge < -0.3 is 9.47 Å². The summed E-state index contributed by atoms with van der Waals surface area (Å²) in [6.45, 7) is 0. The van der Waals surface area contributed by atoms with Gasteiger partial charge in [0.15, 0.2) is 0 Å². The lowest BCUT2D eigenvalue weighted by molar-refractivity contribution is 0.0733. The molecule has 0 spiro atoms. The summed E-state index contributed by atoms with van der Waals surface area (Å²) in [7, 11) is 1.57. The van der Waals surface area contributed by atoms with Crippen molar-refractivity contribution < 1.29 is 14.3 Å². The van der Waals surface area contributed by atoms with Crippen LogP contribution in [0.25, 0.3) is 0 Å². The average molecular weight is 318 g/mol. The highest BCUT2D eigenvalue weighted by atomic mass is 16.5. The van der Waals surface area contributed by atoms with Crippen molar-refractivity contribution in [1.29, 1.82) is 0 Å². The van der Waals surface area contributed by atoms with Crippen molar-refractivity contribution in [2.75, 3.05) is 7.11 Å². The van der Waals surface area contributed by atoms with Crippen LogP contribution in [0.4, 0.5) is 0 Å². The zero-order valence-electron chi connectivity index (χ0n) is 13.4. The Morgan fingerprint density at radius 3 is 2.42 bits per heavy atom. The van der Waals surface area contributed by atoms with Crippen molar-refractivity contribution in [3.05, 3.63) is 95.6 Å². The summed E-state index contributed by atoms with van der Waals surface area (Å²) in [5, 5.41) is 0. The molecule has 0 bridgehead atoms. The van der Waals surface area contributed by atoms with E-state index in [9.17, 15) is 4.79 Å². The molecule has 3 aromatic carbocycles. The van der Waals surface area contributed by atoms with Gasteiger partial charge >= 0.3 is 5.97 Å². The van der Waals surface area contributed by atoms with Crippen LogP contribution in [0.2, 0.25) is 0 Å². The average Bonchev–Trinajstić information content (AvgIpc) is 2.64. The third-order valence-electron chi connectivity index (χ3n) is 3.72. The molecule has 0 atom stereocenters. The van der Waals surface area contributed by atoms with Gasteiger partial charge in [-0.1, -0.05) is 54.6 Å². The predicted molar refractivity (Wildman–Crippen MR) is 93.6 cm³/mol. The first-order chi connectivity index (χ1) is 11.8. The first-order valence-corrected chi connectivity index (χ1v) is 7.74. The van der Waals surface area contributed by atoms with Gasteiger partial charge in [-0.3, -0.25) is 0 Å². The number of para-hydroxylation sites is 1. The summed E-state index contributed by atoms with van der Waals surface area (Å²) in [4.78, 5) is 12.4. The lowest BCUT2D eigenvalue weighted by Crippen LogP contribution is -2.10. The van der Waals surface area contributed by atoms with Gasteiger partial charge in [-0.15, -0.1) is 0 Å². The lowest BCUT2D eigenvalue weighted by Gasteiger charge is -2.10. The van der Waals surface area contributed by atoms with Crippen molar-refractivity contribution in [3.8, 4) is 11.5 Å². The molecule has 0 heterocycles. The van der Waals surface area contributed by atoms with E-state index in [0.717, 1.165) is 5.56 Å². The standard InChI is InChI=1S/C21H18O3/c1-23-19-12-7-11-18(15-19)21(22)24-20-13-6-5-10-17(20)14-16-8-3-2-4-9-16/h2-13,15H,14H2,1H3. The molecular weight excluding hydrogens is 300 g/mol. The normalized spacial score (nSPS) is 10.2. The Balaban J connectivity index is 1.81. The van der Waals surface area contributed by atoms with Crippen LogP contribution in [0.15, 0.2) is 78.9 Å². The van der Waals surface area contributed by atoms with Gasteiger partial charge in [0, 0.05) is 6.42 Å². The molecule has 3 heteroatoms. The number of rotatable bonds is 5. The van der Waals surface area contributed by atoms with E-state index < -0.39 is 5.97 Å². The van der Waals surface area contributed by atoms with Gasteiger partial charge in [0.05, 0.1) is 12.7 Å². The van der Waals surface area contributed by atoms with Gasteiger partial charge in [-0.05, 0) is 35.4 Å². The number of hydrogen-bond donors (Lipinski definition) is 0. The Bertz CT molecular complexity index is 825. The number of benzene rings is 3. The highest BCUT2D eigenvalue weighted by Crippen LogP contribution is 2.23. The molecule has 120 valence electrons. The topological polar surface area (TPSA) is 35.5 Å². The fraction of sp³-hybridized carbons (Fsp3) is 0.0952. The molecule has 0 saturated carbocycles.